The normalized spacial score (nSPS) is 16.0. The van der Waals surface area contributed by atoms with Gasteiger partial charge in [-0.25, -0.2) is 4.39 Å². The monoisotopic (exact) mass is 319 g/mol. The second kappa shape index (κ2) is 7.97. The zero-order valence-electron chi connectivity index (χ0n) is 14.9. The van der Waals surface area contributed by atoms with Crippen LogP contribution in [-0.2, 0) is 0 Å². The predicted octanol–water partition coefficient (Wildman–Crippen LogP) is 5.14. The van der Waals surface area contributed by atoms with Crippen LogP contribution in [0.5, 0.6) is 0 Å². The largest absolute Gasteiger partial charge is 0.206 e. The average molecular weight is 319 g/mol. The molecule has 1 aromatic rings. The van der Waals surface area contributed by atoms with Gasteiger partial charge in [-0.3, -0.25) is 0 Å². The molecule has 1 aromatic carbocycles. The number of hydrogen-bond donors (Lipinski definition) is 0. The molecule has 0 fully saturated rings. The molecule has 0 radical (unpaired) electrons. The molecule has 0 spiro atoms. The second-order valence-corrected chi connectivity index (χ2v) is 6.39. The van der Waals surface area contributed by atoms with Gasteiger partial charge in [0.25, 0.3) is 0 Å². The SMILES string of the molecule is BC/C(C)=C/C(=C(\C)C1=CC=C(C)CC1)c1ccc(C#N)c(F)c1. The topological polar surface area (TPSA) is 23.8 Å². The summed E-state index contributed by atoms with van der Waals surface area (Å²) in [6, 6.07) is 6.76. The van der Waals surface area contributed by atoms with Crippen LogP contribution in [0, 0.1) is 17.1 Å². The van der Waals surface area contributed by atoms with Crippen LogP contribution < -0.4 is 0 Å². The summed E-state index contributed by atoms with van der Waals surface area (Å²) in [4.78, 5) is 0. The summed E-state index contributed by atoms with van der Waals surface area (Å²) in [5, 5.41) is 8.94. The van der Waals surface area contributed by atoms with Crippen LogP contribution in [0.25, 0.3) is 5.57 Å². The van der Waals surface area contributed by atoms with E-state index in [1.54, 1.807) is 6.07 Å². The Labute approximate surface area is 145 Å². The van der Waals surface area contributed by atoms with Crippen molar-refractivity contribution in [1.29, 1.82) is 5.26 Å². The zero-order valence-corrected chi connectivity index (χ0v) is 14.9. The van der Waals surface area contributed by atoms with E-state index in [9.17, 15) is 4.39 Å². The lowest BCUT2D eigenvalue weighted by Crippen LogP contribution is -1.97. The lowest BCUT2D eigenvalue weighted by Gasteiger charge is -2.17. The molecular weight excluding hydrogens is 296 g/mol. The molecule has 0 aromatic heterocycles. The highest BCUT2D eigenvalue weighted by Crippen LogP contribution is 2.32. The molecule has 0 aliphatic heterocycles. The first-order chi connectivity index (χ1) is 11.5. The molecule has 1 aliphatic rings. The number of allylic oxidation sites excluding steroid dienone is 8. The number of nitrogens with zero attached hydrogens (tertiary/aromatic N) is 1. The third-order valence-electron chi connectivity index (χ3n) is 4.59. The molecule has 0 N–H and O–H groups in total. The third-order valence-corrected chi connectivity index (χ3v) is 4.59. The van der Waals surface area contributed by atoms with E-state index in [2.05, 4.69) is 46.8 Å². The minimum atomic E-state index is -0.462. The van der Waals surface area contributed by atoms with Gasteiger partial charge in [0.1, 0.15) is 19.7 Å². The Morgan fingerprint density at radius 2 is 2.04 bits per heavy atom. The van der Waals surface area contributed by atoms with Crippen LogP contribution in [0.2, 0.25) is 6.32 Å². The number of halogens is 1. The van der Waals surface area contributed by atoms with Crippen LogP contribution in [0.4, 0.5) is 4.39 Å². The molecule has 3 heteroatoms. The first-order valence-electron chi connectivity index (χ1n) is 8.41. The molecule has 0 amide bonds. The van der Waals surface area contributed by atoms with Crippen LogP contribution in [0.1, 0.15) is 44.7 Å². The Balaban J connectivity index is 2.59. The van der Waals surface area contributed by atoms with Gasteiger partial charge in [-0.2, -0.15) is 5.26 Å². The van der Waals surface area contributed by atoms with Crippen molar-refractivity contribution in [2.75, 3.05) is 0 Å². The average Bonchev–Trinajstić information content (AvgIpc) is 2.59. The van der Waals surface area contributed by atoms with E-state index in [1.807, 2.05) is 12.1 Å². The van der Waals surface area contributed by atoms with Crippen molar-refractivity contribution in [3.8, 4) is 6.07 Å². The van der Waals surface area contributed by atoms with E-state index in [4.69, 9.17) is 5.26 Å². The van der Waals surface area contributed by atoms with E-state index in [-0.39, 0.29) is 5.56 Å². The van der Waals surface area contributed by atoms with Gasteiger partial charge < -0.3 is 0 Å². The molecule has 0 heterocycles. The van der Waals surface area contributed by atoms with Crippen molar-refractivity contribution in [1.82, 2.24) is 0 Å². The summed E-state index contributed by atoms with van der Waals surface area (Å²) in [6.07, 6.45) is 9.50. The van der Waals surface area contributed by atoms with Crippen molar-refractivity contribution >= 4 is 13.4 Å². The molecular formula is C21H23BFN. The molecule has 0 saturated carbocycles. The van der Waals surface area contributed by atoms with Gasteiger partial charge >= 0.3 is 0 Å². The number of rotatable bonds is 4. The summed E-state index contributed by atoms with van der Waals surface area (Å²) < 4.78 is 14.1. The van der Waals surface area contributed by atoms with Gasteiger partial charge in [0, 0.05) is 0 Å². The molecule has 24 heavy (non-hydrogen) atoms. The van der Waals surface area contributed by atoms with Crippen molar-refractivity contribution in [3.05, 3.63) is 75.7 Å². The van der Waals surface area contributed by atoms with Crippen LogP contribution in [0.15, 0.2) is 58.7 Å². The van der Waals surface area contributed by atoms with Gasteiger partial charge in [-0.05, 0) is 68.0 Å². The Morgan fingerprint density at radius 1 is 1.29 bits per heavy atom. The van der Waals surface area contributed by atoms with Gasteiger partial charge in [0.2, 0.25) is 0 Å². The van der Waals surface area contributed by atoms with Gasteiger partial charge in [-0.15, -0.1) is 0 Å². The van der Waals surface area contributed by atoms with Crippen LogP contribution in [0.3, 0.4) is 0 Å². The number of benzene rings is 1. The van der Waals surface area contributed by atoms with Crippen molar-refractivity contribution in [2.45, 2.75) is 39.9 Å². The molecule has 0 atom stereocenters. The summed E-state index contributed by atoms with van der Waals surface area (Å²) in [5.74, 6) is -0.462. The maximum absolute atomic E-state index is 14.1. The Bertz CT molecular complexity index is 804. The summed E-state index contributed by atoms with van der Waals surface area (Å²) in [6.45, 7) is 6.34. The quantitative estimate of drug-likeness (QED) is 0.557. The lowest BCUT2D eigenvalue weighted by atomic mass is 9.87. The summed E-state index contributed by atoms with van der Waals surface area (Å²) in [7, 11) is 2.12. The standard InChI is InChI=1S/C21H23BFN/c1-14-4-6-17(7-5-14)16(3)20(10-15(2)12-22)18-8-9-19(13-24)21(23)11-18/h4,6,8-11H,5,7,12,22H2,1-3H3/b15-10+,20-16-. The van der Waals surface area contributed by atoms with Gasteiger partial charge in [-0.1, -0.05) is 41.8 Å². The fourth-order valence-electron chi connectivity index (χ4n) is 2.76. The Kier molecular flexibility index (Phi) is 5.98. The van der Waals surface area contributed by atoms with Crippen LogP contribution in [-0.4, -0.2) is 7.85 Å². The zero-order chi connectivity index (χ0) is 17.7. The fraction of sp³-hybridized carbons (Fsp3) is 0.286. The minimum Gasteiger partial charge on any atom is -0.206 e. The number of nitriles is 1. The van der Waals surface area contributed by atoms with E-state index in [1.165, 1.54) is 28.4 Å². The molecule has 0 bridgehead atoms. The van der Waals surface area contributed by atoms with Crippen LogP contribution >= 0.6 is 0 Å². The Morgan fingerprint density at radius 3 is 2.58 bits per heavy atom. The second-order valence-electron chi connectivity index (χ2n) is 6.39. The smallest absolute Gasteiger partial charge is 0.141 e. The van der Waals surface area contributed by atoms with E-state index < -0.39 is 5.82 Å². The molecule has 1 nitrogen and oxygen atoms in total. The van der Waals surface area contributed by atoms with Crippen molar-refractivity contribution < 1.29 is 4.39 Å². The highest BCUT2D eigenvalue weighted by Gasteiger charge is 2.12. The summed E-state index contributed by atoms with van der Waals surface area (Å²) >= 11 is 0. The van der Waals surface area contributed by atoms with Crippen molar-refractivity contribution in [3.63, 3.8) is 0 Å². The maximum atomic E-state index is 14.1. The number of hydrogen-bond acceptors (Lipinski definition) is 1. The first kappa shape index (κ1) is 18.0. The van der Waals surface area contributed by atoms with E-state index in [0.717, 1.165) is 30.3 Å². The Hall–Kier alpha value is -2.34. The molecule has 1 aliphatic carbocycles. The van der Waals surface area contributed by atoms with Gasteiger partial charge in [0.05, 0.1) is 5.56 Å². The molecule has 0 unspecified atom stereocenters. The first-order valence-corrected chi connectivity index (χ1v) is 8.41. The highest BCUT2D eigenvalue weighted by molar-refractivity contribution is 6.10. The van der Waals surface area contributed by atoms with E-state index in [0.29, 0.717) is 0 Å². The fourth-order valence-corrected chi connectivity index (χ4v) is 2.76. The minimum absolute atomic E-state index is 0.0855. The third kappa shape index (κ3) is 4.14. The molecule has 2 rings (SSSR count). The maximum Gasteiger partial charge on any atom is 0.141 e. The van der Waals surface area contributed by atoms with E-state index >= 15 is 0 Å². The lowest BCUT2D eigenvalue weighted by molar-refractivity contribution is 0.623. The summed E-state index contributed by atoms with van der Waals surface area (Å²) in [5.41, 5.74) is 7.05. The van der Waals surface area contributed by atoms with Crippen molar-refractivity contribution in [2.24, 2.45) is 0 Å². The highest BCUT2D eigenvalue weighted by atomic mass is 19.1. The molecule has 122 valence electrons. The predicted molar refractivity (Wildman–Crippen MR) is 102 cm³/mol. The molecule has 0 saturated heterocycles. The van der Waals surface area contributed by atoms with Gasteiger partial charge in [0.15, 0.2) is 0 Å².